The third-order valence-corrected chi connectivity index (χ3v) is 5.48. The Morgan fingerprint density at radius 1 is 1.14 bits per heavy atom. The minimum atomic E-state index is 0.164. The molecule has 1 nitrogen and oxygen atoms in total. The number of aryl methyl sites for hydroxylation is 2. The van der Waals surface area contributed by atoms with E-state index >= 15 is 0 Å². The van der Waals surface area contributed by atoms with Crippen molar-refractivity contribution >= 4 is 17.1 Å². The summed E-state index contributed by atoms with van der Waals surface area (Å²) in [5.41, 5.74) is 4.00. The Morgan fingerprint density at radius 3 is 2.48 bits per heavy atom. The van der Waals surface area contributed by atoms with Crippen molar-refractivity contribution in [1.29, 1.82) is 0 Å². The van der Waals surface area contributed by atoms with Crippen LogP contribution in [-0.2, 0) is 24.7 Å². The van der Waals surface area contributed by atoms with E-state index in [1.54, 1.807) is 11.3 Å². The Hall–Kier alpha value is -1.41. The Morgan fingerprint density at radius 2 is 1.86 bits per heavy atom. The highest BCUT2D eigenvalue weighted by molar-refractivity contribution is 7.14. The van der Waals surface area contributed by atoms with Gasteiger partial charge in [0.05, 0.1) is 4.88 Å². The van der Waals surface area contributed by atoms with Crippen LogP contribution >= 0.6 is 11.3 Å². The minimum Gasteiger partial charge on any atom is -0.293 e. The lowest BCUT2D eigenvalue weighted by Crippen LogP contribution is -2.11. The van der Waals surface area contributed by atoms with Crippen LogP contribution in [0, 0.1) is 0 Å². The van der Waals surface area contributed by atoms with E-state index in [-0.39, 0.29) is 11.2 Å². The second-order valence-corrected chi connectivity index (χ2v) is 8.10. The molecule has 3 rings (SSSR count). The molecule has 0 saturated carbocycles. The van der Waals surface area contributed by atoms with Gasteiger partial charge in [0.25, 0.3) is 0 Å². The Labute approximate surface area is 131 Å². The van der Waals surface area contributed by atoms with Gasteiger partial charge in [0.2, 0.25) is 0 Å². The summed E-state index contributed by atoms with van der Waals surface area (Å²) in [6.07, 6.45) is 4.08. The first-order chi connectivity index (χ1) is 9.93. The summed E-state index contributed by atoms with van der Waals surface area (Å²) < 4.78 is 0. The molecule has 0 aliphatic heterocycles. The first-order valence-corrected chi connectivity index (χ1v) is 8.49. The zero-order valence-corrected chi connectivity index (χ0v) is 13.8. The van der Waals surface area contributed by atoms with Gasteiger partial charge in [-0.3, -0.25) is 4.79 Å². The predicted octanol–water partition coefficient (Wildman–Crippen LogP) is 4.96. The summed E-state index contributed by atoms with van der Waals surface area (Å²) in [6, 6.07) is 10.6. The molecule has 0 amide bonds. The molecule has 0 radical (unpaired) electrons. The number of fused-ring (bicyclic) bond motifs is 1. The molecule has 0 saturated heterocycles. The first kappa shape index (κ1) is 14.5. The van der Waals surface area contributed by atoms with Crippen molar-refractivity contribution in [2.75, 3.05) is 0 Å². The normalized spacial score (nSPS) is 14.2. The van der Waals surface area contributed by atoms with Crippen LogP contribution in [0.5, 0.6) is 0 Å². The second-order valence-electron chi connectivity index (χ2n) is 6.96. The van der Waals surface area contributed by atoms with Gasteiger partial charge in [0.15, 0.2) is 5.78 Å². The molecule has 0 bridgehead atoms. The lowest BCUT2D eigenvalue weighted by atomic mass is 9.86. The van der Waals surface area contributed by atoms with Crippen LogP contribution in [0.15, 0.2) is 30.3 Å². The zero-order valence-electron chi connectivity index (χ0n) is 13.0. The van der Waals surface area contributed by atoms with Crippen LogP contribution in [0.4, 0.5) is 0 Å². The van der Waals surface area contributed by atoms with E-state index in [9.17, 15) is 4.79 Å². The summed E-state index contributed by atoms with van der Waals surface area (Å²) >= 11 is 1.71. The summed E-state index contributed by atoms with van der Waals surface area (Å²) in [5, 5.41) is 0. The molecule has 0 spiro atoms. The molecule has 2 heteroatoms. The monoisotopic (exact) mass is 298 g/mol. The standard InChI is InChI=1S/C19H22OS/c1-19(2,3)15-9-7-13(8-10-15)11-16(20)18-12-14-5-4-6-17(14)21-18/h7-10,12H,4-6,11H2,1-3H3. The van der Waals surface area contributed by atoms with Crippen molar-refractivity contribution in [2.45, 2.75) is 51.9 Å². The number of carbonyl (C=O) groups excluding carboxylic acids is 1. The Bertz CT molecular complexity index is 634. The van der Waals surface area contributed by atoms with Crippen molar-refractivity contribution in [1.82, 2.24) is 0 Å². The smallest absolute Gasteiger partial charge is 0.177 e. The highest BCUT2D eigenvalue weighted by atomic mass is 32.1. The number of hydrogen-bond donors (Lipinski definition) is 0. The van der Waals surface area contributed by atoms with E-state index in [1.807, 2.05) is 0 Å². The number of benzene rings is 1. The average Bonchev–Trinajstić information content (AvgIpc) is 2.98. The van der Waals surface area contributed by atoms with Gasteiger partial charge in [-0.05, 0) is 47.4 Å². The van der Waals surface area contributed by atoms with Gasteiger partial charge in [-0.1, -0.05) is 45.0 Å². The Kier molecular flexibility index (Phi) is 3.75. The van der Waals surface area contributed by atoms with E-state index in [0.29, 0.717) is 6.42 Å². The third-order valence-electron chi connectivity index (χ3n) is 4.21. The zero-order chi connectivity index (χ0) is 15.0. The SMILES string of the molecule is CC(C)(C)c1ccc(CC(=O)c2cc3c(s2)CCC3)cc1. The molecule has 0 atom stereocenters. The number of Topliss-reactive ketones (excluding diaryl/α,β-unsaturated/α-hetero) is 1. The molecule has 0 unspecified atom stereocenters. The van der Waals surface area contributed by atoms with Crippen LogP contribution in [-0.4, -0.2) is 5.78 Å². The summed E-state index contributed by atoms with van der Waals surface area (Å²) in [7, 11) is 0. The maximum atomic E-state index is 12.4. The van der Waals surface area contributed by atoms with Gasteiger partial charge in [-0.2, -0.15) is 0 Å². The molecule has 110 valence electrons. The molecular weight excluding hydrogens is 276 g/mol. The number of thiophene rings is 1. The fourth-order valence-electron chi connectivity index (χ4n) is 2.86. The van der Waals surface area contributed by atoms with Crippen LogP contribution in [0.25, 0.3) is 0 Å². The summed E-state index contributed by atoms with van der Waals surface area (Å²) in [4.78, 5) is 14.8. The molecule has 1 aromatic heterocycles. The number of carbonyl (C=O) groups is 1. The van der Waals surface area contributed by atoms with Gasteiger partial charge in [-0.15, -0.1) is 11.3 Å². The minimum absolute atomic E-state index is 0.164. The number of ketones is 1. The predicted molar refractivity (Wildman–Crippen MR) is 89.5 cm³/mol. The van der Waals surface area contributed by atoms with Gasteiger partial charge in [0, 0.05) is 11.3 Å². The molecule has 1 aliphatic rings. The van der Waals surface area contributed by atoms with E-state index in [4.69, 9.17) is 0 Å². The number of rotatable bonds is 3. The first-order valence-electron chi connectivity index (χ1n) is 7.68. The van der Waals surface area contributed by atoms with Crippen molar-refractivity contribution in [3.05, 3.63) is 56.8 Å². The highest BCUT2D eigenvalue weighted by Gasteiger charge is 2.19. The molecule has 1 aromatic carbocycles. The maximum Gasteiger partial charge on any atom is 0.177 e. The molecule has 1 aliphatic carbocycles. The van der Waals surface area contributed by atoms with Crippen molar-refractivity contribution in [3.8, 4) is 0 Å². The van der Waals surface area contributed by atoms with Crippen molar-refractivity contribution < 1.29 is 4.79 Å². The van der Waals surface area contributed by atoms with E-state index in [1.165, 1.54) is 22.4 Å². The lowest BCUT2D eigenvalue weighted by Gasteiger charge is -2.19. The molecule has 1 heterocycles. The fourth-order valence-corrected chi connectivity index (χ4v) is 4.05. The average molecular weight is 298 g/mol. The van der Waals surface area contributed by atoms with Gasteiger partial charge in [-0.25, -0.2) is 0 Å². The molecule has 21 heavy (non-hydrogen) atoms. The van der Waals surface area contributed by atoms with Crippen LogP contribution in [0.3, 0.4) is 0 Å². The van der Waals surface area contributed by atoms with E-state index < -0.39 is 0 Å². The lowest BCUT2D eigenvalue weighted by molar-refractivity contribution is 0.0997. The van der Waals surface area contributed by atoms with Crippen LogP contribution in [0.1, 0.15) is 58.4 Å². The fraction of sp³-hybridized carbons (Fsp3) is 0.421. The third kappa shape index (κ3) is 3.11. The van der Waals surface area contributed by atoms with E-state index in [0.717, 1.165) is 23.3 Å². The van der Waals surface area contributed by atoms with Crippen molar-refractivity contribution in [3.63, 3.8) is 0 Å². The van der Waals surface area contributed by atoms with Crippen LogP contribution in [0.2, 0.25) is 0 Å². The maximum absolute atomic E-state index is 12.4. The van der Waals surface area contributed by atoms with Gasteiger partial charge in [0.1, 0.15) is 0 Å². The largest absolute Gasteiger partial charge is 0.293 e. The summed E-state index contributed by atoms with van der Waals surface area (Å²) in [5.74, 6) is 0.262. The van der Waals surface area contributed by atoms with Gasteiger partial charge < -0.3 is 0 Å². The molecule has 0 fully saturated rings. The molecule has 0 N–H and O–H groups in total. The second kappa shape index (κ2) is 5.42. The summed E-state index contributed by atoms with van der Waals surface area (Å²) in [6.45, 7) is 6.63. The van der Waals surface area contributed by atoms with Crippen LogP contribution < -0.4 is 0 Å². The molecular formula is C19H22OS. The number of hydrogen-bond acceptors (Lipinski definition) is 2. The van der Waals surface area contributed by atoms with Crippen molar-refractivity contribution in [2.24, 2.45) is 0 Å². The Balaban J connectivity index is 1.72. The quantitative estimate of drug-likeness (QED) is 0.732. The van der Waals surface area contributed by atoms with E-state index in [2.05, 4.69) is 51.1 Å². The highest BCUT2D eigenvalue weighted by Crippen LogP contribution is 2.31. The topological polar surface area (TPSA) is 17.1 Å². The van der Waals surface area contributed by atoms with Gasteiger partial charge >= 0.3 is 0 Å². The molecule has 2 aromatic rings.